The van der Waals surface area contributed by atoms with Crippen molar-refractivity contribution >= 4 is 17.0 Å². The molecule has 0 spiro atoms. The molecule has 26 heavy (non-hydrogen) atoms. The summed E-state index contributed by atoms with van der Waals surface area (Å²) in [6.07, 6.45) is 3.34. The average Bonchev–Trinajstić information content (AvgIpc) is 3.06. The van der Waals surface area contributed by atoms with Gasteiger partial charge in [-0.3, -0.25) is 14.3 Å². The minimum Gasteiger partial charge on any atom is -0.354 e. The molecule has 0 aliphatic carbocycles. The number of nitrogens with zero attached hydrogens (tertiary/aromatic N) is 7. The van der Waals surface area contributed by atoms with E-state index in [9.17, 15) is 9.59 Å². The zero-order valence-electron chi connectivity index (χ0n) is 14.9. The van der Waals surface area contributed by atoms with Crippen molar-refractivity contribution in [3.63, 3.8) is 0 Å². The second-order valence-corrected chi connectivity index (χ2v) is 6.54. The van der Waals surface area contributed by atoms with Gasteiger partial charge >= 0.3 is 5.69 Å². The van der Waals surface area contributed by atoms with Gasteiger partial charge in [-0.05, 0) is 12.1 Å². The third-order valence-corrected chi connectivity index (χ3v) is 4.89. The van der Waals surface area contributed by atoms with E-state index in [1.54, 1.807) is 31.2 Å². The number of fused-ring (bicyclic) bond motifs is 1. The normalized spacial score (nSPS) is 15.7. The van der Waals surface area contributed by atoms with Crippen molar-refractivity contribution in [2.45, 2.75) is 6.67 Å². The van der Waals surface area contributed by atoms with Gasteiger partial charge in [0.1, 0.15) is 5.82 Å². The molecular weight excluding hydrogens is 334 g/mol. The minimum atomic E-state index is -0.339. The second-order valence-electron chi connectivity index (χ2n) is 6.54. The van der Waals surface area contributed by atoms with Gasteiger partial charge in [-0.15, -0.1) is 0 Å². The van der Waals surface area contributed by atoms with Gasteiger partial charge in [-0.25, -0.2) is 19.3 Å². The molecule has 0 unspecified atom stereocenters. The summed E-state index contributed by atoms with van der Waals surface area (Å²) in [6, 6.07) is 5.86. The van der Waals surface area contributed by atoms with Gasteiger partial charge in [-0.1, -0.05) is 6.07 Å². The molecule has 9 nitrogen and oxygen atoms in total. The molecule has 1 saturated heterocycles. The molecule has 9 heteroatoms. The smallest absolute Gasteiger partial charge is 0.333 e. The Kier molecular flexibility index (Phi) is 4.08. The number of imidazole rings is 1. The van der Waals surface area contributed by atoms with Crippen LogP contribution in [0.15, 0.2) is 40.3 Å². The number of aromatic nitrogens is 5. The summed E-state index contributed by atoms with van der Waals surface area (Å²) in [4.78, 5) is 38.2. The Morgan fingerprint density at radius 2 is 1.81 bits per heavy atom. The van der Waals surface area contributed by atoms with Crippen molar-refractivity contribution in [2.24, 2.45) is 14.1 Å². The van der Waals surface area contributed by atoms with Gasteiger partial charge in [0, 0.05) is 46.5 Å². The fourth-order valence-corrected chi connectivity index (χ4v) is 3.38. The zero-order valence-corrected chi connectivity index (χ0v) is 14.9. The molecule has 1 aliphatic rings. The van der Waals surface area contributed by atoms with E-state index in [0.29, 0.717) is 11.2 Å². The van der Waals surface area contributed by atoms with Gasteiger partial charge in [0.2, 0.25) is 0 Å². The minimum absolute atomic E-state index is 0.280. The van der Waals surface area contributed by atoms with Crippen molar-refractivity contribution in [3.05, 3.63) is 51.6 Å². The number of anilines is 1. The van der Waals surface area contributed by atoms with Crippen molar-refractivity contribution < 1.29 is 0 Å². The van der Waals surface area contributed by atoms with Crippen molar-refractivity contribution in [2.75, 3.05) is 31.1 Å². The standard InChI is InChI=1S/C17H21N7O2/c1-20-11-19-15-14(20)16(25)24(17(26)21(15)2)12-22-7-9-23(10-8-22)13-5-3-4-6-18-13/h3-6,11H,7-10,12H2,1-2H3. The maximum atomic E-state index is 12.8. The van der Waals surface area contributed by atoms with Gasteiger partial charge < -0.3 is 9.47 Å². The maximum absolute atomic E-state index is 12.8. The summed E-state index contributed by atoms with van der Waals surface area (Å²) < 4.78 is 4.38. The first-order valence-electron chi connectivity index (χ1n) is 8.55. The van der Waals surface area contributed by atoms with Gasteiger partial charge in [0.15, 0.2) is 11.2 Å². The van der Waals surface area contributed by atoms with E-state index in [0.717, 1.165) is 32.0 Å². The monoisotopic (exact) mass is 355 g/mol. The predicted molar refractivity (Wildman–Crippen MR) is 98.2 cm³/mol. The van der Waals surface area contributed by atoms with Gasteiger partial charge in [-0.2, -0.15) is 0 Å². The summed E-state index contributed by atoms with van der Waals surface area (Å²) in [7, 11) is 3.41. The van der Waals surface area contributed by atoms with Crippen LogP contribution in [0.2, 0.25) is 0 Å². The molecule has 0 N–H and O–H groups in total. The van der Waals surface area contributed by atoms with Crippen molar-refractivity contribution in [1.82, 2.24) is 28.6 Å². The van der Waals surface area contributed by atoms with E-state index in [1.807, 2.05) is 18.2 Å². The van der Waals surface area contributed by atoms with E-state index in [1.165, 1.54) is 9.13 Å². The molecule has 1 fully saturated rings. The Balaban J connectivity index is 1.57. The number of hydrogen-bond donors (Lipinski definition) is 0. The number of pyridine rings is 1. The molecular formula is C17H21N7O2. The lowest BCUT2D eigenvalue weighted by Gasteiger charge is -2.35. The maximum Gasteiger partial charge on any atom is 0.333 e. The molecule has 4 rings (SSSR count). The molecule has 1 aliphatic heterocycles. The van der Waals surface area contributed by atoms with E-state index in [2.05, 4.69) is 19.8 Å². The van der Waals surface area contributed by atoms with Crippen LogP contribution in [-0.4, -0.2) is 54.7 Å². The molecule has 4 heterocycles. The lowest BCUT2D eigenvalue weighted by molar-refractivity contribution is 0.198. The fraction of sp³-hybridized carbons (Fsp3) is 0.412. The second kappa shape index (κ2) is 6.41. The molecule has 136 valence electrons. The fourth-order valence-electron chi connectivity index (χ4n) is 3.38. The first kappa shape index (κ1) is 16.5. The van der Waals surface area contributed by atoms with Crippen LogP contribution < -0.4 is 16.1 Å². The molecule has 3 aromatic rings. The van der Waals surface area contributed by atoms with Crippen LogP contribution >= 0.6 is 0 Å². The molecule has 0 saturated carbocycles. The topological polar surface area (TPSA) is 81.2 Å². The highest BCUT2D eigenvalue weighted by Gasteiger charge is 2.21. The van der Waals surface area contributed by atoms with E-state index in [4.69, 9.17) is 0 Å². The van der Waals surface area contributed by atoms with Crippen LogP contribution in [0, 0.1) is 0 Å². The lowest BCUT2D eigenvalue weighted by atomic mass is 10.3. The third kappa shape index (κ3) is 2.70. The average molecular weight is 355 g/mol. The van der Waals surface area contributed by atoms with Crippen LogP contribution in [0.1, 0.15) is 0 Å². The molecule has 0 aromatic carbocycles. The highest BCUT2D eigenvalue weighted by Crippen LogP contribution is 2.12. The van der Waals surface area contributed by atoms with E-state index >= 15 is 0 Å². The molecule has 0 bridgehead atoms. The van der Waals surface area contributed by atoms with E-state index in [-0.39, 0.29) is 17.9 Å². The first-order valence-corrected chi connectivity index (χ1v) is 8.55. The largest absolute Gasteiger partial charge is 0.354 e. The highest BCUT2D eigenvalue weighted by molar-refractivity contribution is 5.69. The van der Waals surface area contributed by atoms with Crippen LogP contribution in [0.25, 0.3) is 11.2 Å². The first-order chi connectivity index (χ1) is 12.6. The summed E-state index contributed by atoms with van der Waals surface area (Å²) in [5.74, 6) is 0.955. The number of piperazine rings is 1. The Hall–Kier alpha value is -2.94. The molecule has 0 radical (unpaired) electrons. The Bertz CT molecular complexity index is 1040. The quantitative estimate of drug-likeness (QED) is 0.636. The Morgan fingerprint density at radius 1 is 1.04 bits per heavy atom. The van der Waals surface area contributed by atoms with Crippen molar-refractivity contribution in [3.8, 4) is 0 Å². The van der Waals surface area contributed by atoms with Crippen LogP contribution in [0.4, 0.5) is 5.82 Å². The van der Waals surface area contributed by atoms with E-state index < -0.39 is 0 Å². The molecule has 0 amide bonds. The van der Waals surface area contributed by atoms with Gasteiger partial charge in [0.05, 0.1) is 13.0 Å². The van der Waals surface area contributed by atoms with Gasteiger partial charge in [0.25, 0.3) is 5.56 Å². The SMILES string of the molecule is Cn1cnc2c1c(=O)n(CN1CCN(c3ccccn3)CC1)c(=O)n2C. The Morgan fingerprint density at radius 3 is 2.50 bits per heavy atom. The summed E-state index contributed by atoms with van der Waals surface area (Å²) >= 11 is 0. The van der Waals surface area contributed by atoms with Crippen LogP contribution in [0.3, 0.4) is 0 Å². The van der Waals surface area contributed by atoms with Crippen LogP contribution in [-0.2, 0) is 20.8 Å². The van der Waals surface area contributed by atoms with Crippen molar-refractivity contribution in [1.29, 1.82) is 0 Å². The third-order valence-electron chi connectivity index (χ3n) is 4.89. The zero-order chi connectivity index (χ0) is 18.3. The Labute approximate surface area is 149 Å². The predicted octanol–water partition coefficient (Wildman–Crippen LogP) is -0.392. The highest BCUT2D eigenvalue weighted by atomic mass is 16.2. The molecule has 0 atom stereocenters. The summed E-state index contributed by atoms with van der Waals surface area (Å²) in [6.45, 7) is 3.41. The lowest BCUT2D eigenvalue weighted by Crippen LogP contribution is -2.51. The summed E-state index contributed by atoms with van der Waals surface area (Å²) in [5.41, 5.74) is 0.224. The number of hydrogen-bond acceptors (Lipinski definition) is 6. The number of rotatable bonds is 3. The molecule has 3 aromatic heterocycles. The number of aryl methyl sites for hydroxylation is 2. The van der Waals surface area contributed by atoms with Crippen LogP contribution in [0.5, 0.6) is 0 Å². The summed E-state index contributed by atoms with van der Waals surface area (Å²) in [5, 5.41) is 0.